The Hall–Kier alpha value is -1.67. The van der Waals surface area contributed by atoms with Crippen LogP contribution in [0.3, 0.4) is 0 Å². The molecule has 0 radical (unpaired) electrons. The monoisotopic (exact) mass is 314 g/mol. The summed E-state index contributed by atoms with van der Waals surface area (Å²) < 4.78 is 29.3. The van der Waals surface area contributed by atoms with E-state index in [1.165, 1.54) is 23.7 Å². The Bertz CT molecular complexity index is 675. The molecule has 0 spiro atoms. The van der Waals surface area contributed by atoms with Gasteiger partial charge in [0, 0.05) is 13.1 Å². The van der Waals surface area contributed by atoms with Crippen LogP contribution in [0.25, 0.3) is 0 Å². The van der Waals surface area contributed by atoms with Crippen LogP contribution in [0.15, 0.2) is 27.0 Å². The van der Waals surface area contributed by atoms with E-state index in [0.29, 0.717) is 12.0 Å². The van der Waals surface area contributed by atoms with Crippen LogP contribution in [0.5, 0.6) is 0 Å². The van der Waals surface area contributed by atoms with Crippen molar-refractivity contribution in [3.63, 3.8) is 0 Å². The van der Waals surface area contributed by atoms with Crippen molar-refractivity contribution in [1.82, 2.24) is 14.8 Å². The van der Waals surface area contributed by atoms with Crippen LogP contribution in [0.2, 0.25) is 0 Å². The summed E-state index contributed by atoms with van der Waals surface area (Å²) in [4.78, 5) is 11.0. The maximum Gasteiger partial charge on any atom is 0.343 e. The summed E-state index contributed by atoms with van der Waals surface area (Å²) in [7, 11) is 1.47. The van der Waals surface area contributed by atoms with Crippen molar-refractivity contribution in [2.24, 2.45) is 12.8 Å². The Morgan fingerprint density at radius 1 is 1.43 bits per heavy atom. The van der Waals surface area contributed by atoms with Gasteiger partial charge in [-0.05, 0) is 42.3 Å². The zero-order valence-corrected chi connectivity index (χ0v) is 12.5. The number of nitrogens with two attached hydrogens (primary N) is 1. The number of benzene rings is 1. The zero-order chi connectivity index (χ0) is 15.6. The first-order chi connectivity index (χ1) is 9.92. The first kappa shape index (κ1) is 15.7. The molecule has 114 valence electrons. The Morgan fingerprint density at radius 3 is 2.52 bits per heavy atom. The second kappa shape index (κ2) is 6.40. The molecular weight excluding hydrogens is 298 g/mol. The van der Waals surface area contributed by atoms with Gasteiger partial charge in [-0.1, -0.05) is 6.92 Å². The van der Waals surface area contributed by atoms with Crippen LogP contribution in [-0.2, 0) is 13.5 Å². The van der Waals surface area contributed by atoms with E-state index in [2.05, 4.69) is 10.2 Å². The zero-order valence-electron chi connectivity index (χ0n) is 11.7. The second-order valence-electron chi connectivity index (χ2n) is 4.73. The first-order valence-electron chi connectivity index (χ1n) is 6.45. The van der Waals surface area contributed by atoms with Gasteiger partial charge in [-0.25, -0.2) is 18.7 Å². The topological polar surface area (TPSA) is 76.7 Å². The van der Waals surface area contributed by atoms with Crippen molar-refractivity contribution in [3.8, 4) is 0 Å². The molecule has 0 aliphatic heterocycles. The molecule has 0 amide bonds. The molecule has 2 aromatic rings. The van der Waals surface area contributed by atoms with E-state index in [-0.39, 0.29) is 16.1 Å². The predicted octanol–water partition coefficient (Wildman–Crippen LogP) is 1.82. The third kappa shape index (κ3) is 3.51. The van der Waals surface area contributed by atoms with Gasteiger partial charge in [-0.2, -0.15) is 0 Å². The molecule has 1 aromatic heterocycles. The third-order valence-corrected chi connectivity index (χ3v) is 4.25. The molecule has 8 heteroatoms. The third-order valence-electron chi connectivity index (χ3n) is 3.11. The van der Waals surface area contributed by atoms with Crippen LogP contribution < -0.4 is 11.4 Å². The number of H-pyrrole nitrogens is 1. The van der Waals surface area contributed by atoms with Gasteiger partial charge in [-0.3, -0.25) is 4.57 Å². The Balaban J connectivity index is 2.29. The summed E-state index contributed by atoms with van der Waals surface area (Å²) in [5.74, 6) is -1.37. The van der Waals surface area contributed by atoms with Crippen molar-refractivity contribution in [1.29, 1.82) is 0 Å². The van der Waals surface area contributed by atoms with Gasteiger partial charge in [0.05, 0.1) is 4.90 Å². The van der Waals surface area contributed by atoms with E-state index < -0.39 is 17.3 Å². The lowest BCUT2D eigenvalue weighted by Gasteiger charge is -2.11. The maximum absolute atomic E-state index is 14.1. The van der Waals surface area contributed by atoms with Crippen molar-refractivity contribution in [2.75, 3.05) is 0 Å². The van der Waals surface area contributed by atoms with Crippen LogP contribution in [0, 0.1) is 11.6 Å². The number of rotatable bonds is 5. The van der Waals surface area contributed by atoms with Gasteiger partial charge in [0.25, 0.3) is 0 Å². The average Bonchev–Trinajstić information content (AvgIpc) is 2.74. The molecule has 1 atom stereocenters. The Morgan fingerprint density at radius 2 is 2.05 bits per heavy atom. The Labute approximate surface area is 124 Å². The lowest BCUT2D eigenvalue weighted by atomic mass is 10.0. The fourth-order valence-electron chi connectivity index (χ4n) is 1.79. The van der Waals surface area contributed by atoms with Gasteiger partial charge in [0.2, 0.25) is 0 Å². The highest BCUT2D eigenvalue weighted by Crippen LogP contribution is 2.31. The van der Waals surface area contributed by atoms with Crippen LogP contribution in [-0.4, -0.2) is 20.8 Å². The number of nitrogens with one attached hydrogen (secondary N) is 1. The standard InChI is InChI=1S/C13H16F2N4OS/c1-3-8(16)4-7-5-9(14)11(10(15)6-7)21-13-18-17-12(20)19(13)2/h5-6,8H,3-4,16H2,1-2H3,(H,17,20). The molecular formula is C13H16F2N4OS. The number of hydrogen-bond donors (Lipinski definition) is 2. The molecule has 5 nitrogen and oxygen atoms in total. The van der Waals surface area contributed by atoms with E-state index in [9.17, 15) is 13.6 Å². The largest absolute Gasteiger partial charge is 0.343 e. The normalized spacial score (nSPS) is 12.6. The smallest absolute Gasteiger partial charge is 0.327 e. The molecule has 21 heavy (non-hydrogen) atoms. The SMILES string of the molecule is CCC(N)Cc1cc(F)c(Sc2n[nH]c(=O)n2C)c(F)c1. The number of nitrogens with zero attached hydrogens (tertiary/aromatic N) is 2. The predicted molar refractivity (Wildman–Crippen MR) is 76.3 cm³/mol. The van der Waals surface area contributed by atoms with E-state index in [1.54, 1.807) is 0 Å². The molecule has 0 fully saturated rings. The molecule has 0 aliphatic carbocycles. The van der Waals surface area contributed by atoms with Crippen molar-refractivity contribution in [3.05, 3.63) is 39.8 Å². The molecule has 1 unspecified atom stereocenters. The molecule has 3 N–H and O–H groups in total. The van der Waals surface area contributed by atoms with Gasteiger partial charge >= 0.3 is 5.69 Å². The van der Waals surface area contributed by atoms with Crippen LogP contribution in [0.4, 0.5) is 8.78 Å². The Kier molecular flexibility index (Phi) is 4.79. The minimum absolute atomic E-state index is 0.130. The highest BCUT2D eigenvalue weighted by molar-refractivity contribution is 7.99. The molecule has 1 heterocycles. The van der Waals surface area contributed by atoms with E-state index in [4.69, 9.17) is 5.73 Å². The number of aromatic nitrogens is 3. The summed E-state index contributed by atoms with van der Waals surface area (Å²) in [5.41, 5.74) is 5.86. The molecule has 0 saturated heterocycles. The summed E-state index contributed by atoms with van der Waals surface area (Å²) in [6, 6.07) is 2.41. The maximum atomic E-state index is 14.1. The minimum Gasteiger partial charge on any atom is -0.327 e. The lowest BCUT2D eigenvalue weighted by Crippen LogP contribution is -2.21. The highest BCUT2D eigenvalue weighted by Gasteiger charge is 2.16. The average molecular weight is 314 g/mol. The van der Waals surface area contributed by atoms with Crippen molar-refractivity contribution >= 4 is 11.8 Å². The number of halogens is 2. The van der Waals surface area contributed by atoms with Gasteiger partial charge in [0.15, 0.2) is 5.16 Å². The van der Waals surface area contributed by atoms with E-state index in [0.717, 1.165) is 18.2 Å². The second-order valence-corrected chi connectivity index (χ2v) is 5.71. The van der Waals surface area contributed by atoms with E-state index in [1.807, 2.05) is 6.92 Å². The summed E-state index contributed by atoms with van der Waals surface area (Å²) in [5, 5.41) is 6.12. The quantitative estimate of drug-likeness (QED) is 0.882. The van der Waals surface area contributed by atoms with Crippen LogP contribution >= 0.6 is 11.8 Å². The number of hydrogen-bond acceptors (Lipinski definition) is 4. The highest BCUT2D eigenvalue weighted by atomic mass is 32.2. The van der Waals surface area contributed by atoms with Crippen LogP contribution in [0.1, 0.15) is 18.9 Å². The fourth-order valence-corrected chi connectivity index (χ4v) is 2.60. The summed E-state index contributed by atoms with van der Waals surface area (Å²) >= 11 is 0.761. The fraction of sp³-hybridized carbons (Fsp3) is 0.385. The van der Waals surface area contributed by atoms with Crippen molar-refractivity contribution in [2.45, 2.75) is 35.9 Å². The molecule has 2 rings (SSSR count). The number of aromatic amines is 1. The van der Waals surface area contributed by atoms with E-state index >= 15 is 0 Å². The first-order valence-corrected chi connectivity index (χ1v) is 7.26. The minimum atomic E-state index is -0.686. The summed E-state index contributed by atoms with van der Waals surface area (Å²) in [6.45, 7) is 1.92. The van der Waals surface area contributed by atoms with Gasteiger partial charge in [-0.15, -0.1) is 5.10 Å². The molecule has 1 aromatic carbocycles. The molecule has 0 aliphatic rings. The van der Waals surface area contributed by atoms with Gasteiger partial charge < -0.3 is 5.73 Å². The van der Waals surface area contributed by atoms with Crippen molar-refractivity contribution < 1.29 is 8.78 Å². The summed E-state index contributed by atoms with van der Waals surface area (Å²) in [6.07, 6.45) is 1.14. The molecule has 0 bridgehead atoms. The lowest BCUT2D eigenvalue weighted by molar-refractivity contribution is 0.532. The molecule has 0 saturated carbocycles. The van der Waals surface area contributed by atoms with Gasteiger partial charge in [0.1, 0.15) is 11.6 Å².